The van der Waals surface area contributed by atoms with Crippen molar-refractivity contribution in [3.05, 3.63) is 147 Å². The summed E-state index contributed by atoms with van der Waals surface area (Å²) in [6, 6.07) is 40.9. The predicted molar refractivity (Wildman–Crippen MR) is 230 cm³/mol. The zero-order valence-electron chi connectivity index (χ0n) is 32.5. The lowest BCUT2D eigenvalue weighted by molar-refractivity contribution is 0.268. The fourth-order valence-corrected chi connectivity index (χ4v) is 17.8. The molecule has 0 aliphatic carbocycles. The topological polar surface area (TPSA) is 139 Å². The first-order valence-corrected chi connectivity index (χ1v) is 25.2. The van der Waals surface area contributed by atoms with Crippen LogP contribution in [0.25, 0.3) is 0 Å². The van der Waals surface area contributed by atoms with Crippen molar-refractivity contribution in [3.8, 4) is 0 Å². The van der Waals surface area contributed by atoms with Crippen LogP contribution in [0.2, 0.25) is 10.1 Å². The van der Waals surface area contributed by atoms with E-state index in [0.29, 0.717) is 0 Å². The fourth-order valence-electron chi connectivity index (χ4n) is 6.95. The Bertz CT molecular complexity index is 1760. The summed E-state index contributed by atoms with van der Waals surface area (Å²) >= 11 is 0. The molecule has 0 radical (unpaired) electrons. The minimum Gasteiger partial charge on any atom is -0.407 e. The molecule has 0 heterocycles. The van der Waals surface area contributed by atoms with Crippen LogP contribution in [0.5, 0.6) is 0 Å². The van der Waals surface area contributed by atoms with Crippen LogP contribution in [-0.4, -0.2) is 58.2 Å². The number of benzene rings is 4. The van der Waals surface area contributed by atoms with Crippen LogP contribution >= 0.6 is 0 Å². The second-order valence-electron chi connectivity index (χ2n) is 15.6. The van der Waals surface area contributed by atoms with Gasteiger partial charge in [0.05, 0.1) is 11.5 Å². The molecule has 0 aliphatic heterocycles. The molecule has 4 aromatic rings. The Kier molecular flexibility index (Phi) is 15.7. The van der Waals surface area contributed by atoms with E-state index in [0.717, 1.165) is 20.7 Å². The largest absolute Gasteiger partial charge is 0.407 e. The van der Waals surface area contributed by atoms with Crippen molar-refractivity contribution in [3.63, 3.8) is 0 Å². The third-order valence-corrected chi connectivity index (χ3v) is 21.2. The normalized spacial score (nSPS) is 13.9. The van der Waals surface area contributed by atoms with E-state index in [1.165, 1.54) is 0 Å². The summed E-state index contributed by atoms with van der Waals surface area (Å²) in [6.07, 6.45) is 3.23. The van der Waals surface area contributed by atoms with Crippen molar-refractivity contribution in [2.24, 2.45) is 22.1 Å². The standard InChI is InChI=1S/2C21H29NO3SSi/c2*1-5-18(17-26(22,23)24)16-25-27(21(2,3)4,19-12-8-6-9-13-19)20-14-10-7-11-15-20/h2*5-15,18H,1,16-17H2,2-4H3,(H2,22,23,24)/t2*18-/m10/s1. The SMILES string of the molecule is C=C[C@@H](CO[Si](c1ccccc1)(c1ccccc1)C(C)(C)C)CS(N)(=O)=O.C=C[C@H](CO[Si](c1ccccc1)(c1ccccc1)C(C)(C)C)CS(N)(=O)=O. The van der Waals surface area contributed by atoms with Crippen LogP contribution in [0.3, 0.4) is 0 Å². The van der Waals surface area contributed by atoms with Crippen molar-refractivity contribution in [2.45, 2.75) is 51.6 Å². The molecule has 292 valence electrons. The molecule has 0 spiro atoms. The number of hydrogen-bond donors (Lipinski definition) is 2. The molecule has 0 saturated heterocycles. The van der Waals surface area contributed by atoms with Crippen LogP contribution in [0.1, 0.15) is 41.5 Å². The minimum absolute atomic E-state index is 0.164. The van der Waals surface area contributed by atoms with Gasteiger partial charge in [-0.25, -0.2) is 27.1 Å². The van der Waals surface area contributed by atoms with Crippen LogP contribution < -0.4 is 31.0 Å². The Morgan fingerprint density at radius 2 is 0.741 bits per heavy atom. The van der Waals surface area contributed by atoms with Crippen LogP contribution in [-0.2, 0) is 28.9 Å². The van der Waals surface area contributed by atoms with Crippen molar-refractivity contribution in [1.82, 2.24) is 0 Å². The third-order valence-electron chi connectivity index (χ3n) is 9.42. The zero-order valence-corrected chi connectivity index (χ0v) is 36.2. The van der Waals surface area contributed by atoms with Gasteiger partial charge < -0.3 is 8.85 Å². The van der Waals surface area contributed by atoms with E-state index in [2.05, 4.69) is 103 Å². The number of sulfonamides is 2. The molecular formula is C42H58N2O6S2Si2. The predicted octanol–water partition coefficient (Wildman–Crippen LogP) is 5.31. The smallest absolute Gasteiger partial charge is 0.261 e. The summed E-state index contributed by atoms with van der Waals surface area (Å²) in [5.41, 5.74) is 0. The summed E-state index contributed by atoms with van der Waals surface area (Å²) in [4.78, 5) is 0. The quantitative estimate of drug-likeness (QED) is 0.116. The maximum atomic E-state index is 11.5. The minimum atomic E-state index is -3.60. The van der Waals surface area contributed by atoms with Gasteiger partial charge in [-0.2, -0.15) is 0 Å². The average molecular weight is 807 g/mol. The lowest BCUT2D eigenvalue weighted by Gasteiger charge is -2.43. The molecule has 4 N–H and O–H groups in total. The zero-order chi connectivity index (χ0) is 40.3. The highest BCUT2D eigenvalue weighted by atomic mass is 32.2. The summed E-state index contributed by atoms with van der Waals surface area (Å²) in [6.45, 7) is 21.1. The molecule has 54 heavy (non-hydrogen) atoms. The first-order chi connectivity index (χ1) is 25.2. The number of rotatable bonds is 16. The van der Waals surface area contributed by atoms with Crippen LogP contribution in [0.4, 0.5) is 0 Å². The van der Waals surface area contributed by atoms with E-state index < -0.39 is 36.7 Å². The van der Waals surface area contributed by atoms with Gasteiger partial charge in [0.1, 0.15) is 0 Å². The summed E-state index contributed by atoms with van der Waals surface area (Å²) in [5.74, 6) is -1.06. The number of primary sulfonamides is 2. The highest BCUT2D eigenvalue weighted by Gasteiger charge is 2.51. The third kappa shape index (κ3) is 11.8. The van der Waals surface area contributed by atoms with Crippen molar-refractivity contribution >= 4 is 57.4 Å². The molecular weight excluding hydrogens is 749 g/mol. The Hall–Kier alpha value is -3.47. The number of hydrogen-bond acceptors (Lipinski definition) is 6. The molecule has 2 atom stereocenters. The molecule has 0 aliphatic rings. The Morgan fingerprint density at radius 1 is 0.519 bits per heavy atom. The average Bonchev–Trinajstić information content (AvgIpc) is 3.11. The van der Waals surface area contributed by atoms with Gasteiger partial charge in [-0.1, -0.05) is 175 Å². The molecule has 4 rings (SSSR count). The van der Waals surface area contributed by atoms with E-state index in [4.69, 9.17) is 19.1 Å². The molecule has 4 aromatic carbocycles. The van der Waals surface area contributed by atoms with Gasteiger partial charge in [-0.05, 0) is 30.8 Å². The van der Waals surface area contributed by atoms with Gasteiger partial charge in [0.2, 0.25) is 20.0 Å². The fraction of sp³-hybridized carbons (Fsp3) is 0.333. The van der Waals surface area contributed by atoms with Crippen LogP contribution in [0.15, 0.2) is 147 Å². The number of nitrogens with two attached hydrogens (primary N) is 2. The molecule has 8 nitrogen and oxygen atoms in total. The molecule has 0 bridgehead atoms. The van der Waals surface area contributed by atoms with Crippen LogP contribution in [0, 0.1) is 11.8 Å². The maximum absolute atomic E-state index is 11.5. The van der Waals surface area contributed by atoms with E-state index in [1.807, 2.05) is 72.8 Å². The lowest BCUT2D eigenvalue weighted by Crippen LogP contribution is -2.67. The van der Waals surface area contributed by atoms with E-state index >= 15 is 0 Å². The lowest BCUT2D eigenvalue weighted by atomic mass is 10.2. The van der Waals surface area contributed by atoms with Gasteiger partial charge >= 0.3 is 0 Å². The maximum Gasteiger partial charge on any atom is 0.261 e. The Balaban J connectivity index is 0.000000290. The highest BCUT2D eigenvalue weighted by molar-refractivity contribution is 7.89. The van der Waals surface area contributed by atoms with E-state index in [9.17, 15) is 16.8 Å². The van der Waals surface area contributed by atoms with Crippen molar-refractivity contribution in [2.75, 3.05) is 24.7 Å². The Morgan fingerprint density at radius 3 is 0.907 bits per heavy atom. The summed E-state index contributed by atoms with van der Waals surface area (Å²) in [7, 11) is -12.6. The first-order valence-electron chi connectivity index (χ1n) is 18.0. The second-order valence-corrected chi connectivity index (χ2v) is 27.5. The molecule has 0 saturated carbocycles. The molecule has 0 unspecified atom stereocenters. The molecule has 0 amide bonds. The highest BCUT2D eigenvalue weighted by Crippen LogP contribution is 2.38. The summed E-state index contributed by atoms with van der Waals surface area (Å²) < 4.78 is 59.6. The van der Waals surface area contributed by atoms with Gasteiger partial charge in [-0.3, -0.25) is 0 Å². The van der Waals surface area contributed by atoms with Crippen molar-refractivity contribution < 1.29 is 25.7 Å². The second kappa shape index (κ2) is 18.9. The van der Waals surface area contributed by atoms with Gasteiger partial charge in [0, 0.05) is 25.0 Å². The van der Waals surface area contributed by atoms with Gasteiger partial charge in [0.25, 0.3) is 16.6 Å². The molecule has 0 fully saturated rings. The van der Waals surface area contributed by atoms with E-state index in [1.54, 1.807) is 12.2 Å². The van der Waals surface area contributed by atoms with Gasteiger partial charge in [-0.15, -0.1) is 13.2 Å². The molecule has 0 aromatic heterocycles. The van der Waals surface area contributed by atoms with E-state index in [-0.39, 0.29) is 46.6 Å². The summed E-state index contributed by atoms with van der Waals surface area (Å²) in [5, 5.41) is 14.8. The van der Waals surface area contributed by atoms with Gasteiger partial charge in [0.15, 0.2) is 0 Å². The Labute approximate surface area is 326 Å². The first kappa shape index (κ1) is 44.9. The monoisotopic (exact) mass is 806 g/mol. The van der Waals surface area contributed by atoms with Crippen molar-refractivity contribution in [1.29, 1.82) is 0 Å². The molecule has 12 heteroatoms.